The van der Waals surface area contributed by atoms with E-state index in [1.807, 2.05) is 12.1 Å². The van der Waals surface area contributed by atoms with Crippen LogP contribution in [0.3, 0.4) is 0 Å². The van der Waals surface area contributed by atoms with Crippen LogP contribution in [0.25, 0.3) is 21.5 Å². The molecule has 0 saturated heterocycles. The molecule has 0 fully saturated rings. The van der Waals surface area contributed by atoms with Gasteiger partial charge in [0.15, 0.2) is 46.2 Å². The van der Waals surface area contributed by atoms with E-state index in [1.54, 1.807) is 0 Å². The van der Waals surface area contributed by atoms with E-state index in [1.165, 1.54) is 0 Å². The third-order valence-corrected chi connectivity index (χ3v) is 15.6. The Bertz CT molecular complexity index is 3360. The molecule has 446 valence electrons. The molecule has 0 aliphatic carbocycles. The summed E-state index contributed by atoms with van der Waals surface area (Å²) in [5.74, 6) is 7.58. The molecule has 1 unspecified atom stereocenters. The van der Waals surface area contributed by atoms with Gasteiger partial charge < -0.3 is 48.4 Å². The number of aryl methyl sites for hydroxylation is 1. The number of aliphatic imine (C=N–C) groups is 3. The fraction of sp³-hybridized carbons (Fsp3) is 0.544. The molecule has 0 saturated carbocycles. The second-order valence-electron chi connectivity index (χ2n) is 22.4. The minimum Gasteiger partial charge on any atom is -0.493 e. The van der Waals surface area contributed by atoms with Crippen LogP contribution < -0.4 is 49.5 Å². The molecule has 3 aliphatic heterocycles. The van der Waals surface area contributed by atoms with Gasteiger partial charge in [0, 0.05) is 43.8 Å². The normalized spacial score (nSPS) is 15.7. The summed E-state index contributed by atoms with van der Waals surface area (Å²) in [4.78, 5) is 34.9. The van der Waals surface area contributed by atoms with E-state index in [0.29, 0.717) is 121 Å². The summed E-state index contributed by atoms with van der Waals surface area (Å²) >= 11 is 0. The van der Waals surface area contributed by atoms with Crippen LogP contribution in [-0.4, -0.2) is 73.7 Å². The van der Waals surface area contributed by atoms with Crippen molar-refractivity contribution in [3.63, 3.8) is 0 Å². The lowest BCUT2D eigenvalue weighted by molar-refractivity contribution is 0.259. The average molecular weight is 1130 g/mol. The fourth-order valence-corrected chi connectivity index (χ4v) is 10.7. The Labute approximate surface area is 492 Å². The number of H-pyrrole nitrogens is 2. The van der Waals surface area contributed by atoms with Crippen LogP contribution in [-0.2, 0) is 0 Å². The van der Waals surface area contributed by atoms with Gasteiger partial charge in [0.1, 0.15) is 40.4 Å². The van der Waals surface area contributed by atoms with Crippen molar-refractivity contribution in [3.8, 4) is 40.2 Å². The molecule has 1 atom stereocenters. The summed E-state index contributed by atoms with van der Waals surface area (Å²) in [6.45, 7) is 21.5. The van der Waals surface area contributed by atoms with E-state index in [-0.39, 0.29) is 0 Å². The zero-order chi connectivity index (χ0) is 57.9. The predicted molar refractivity (Wildman–Crippen MR) is 336 cm³/mol. The number of nitrogens with one attached hydrogen (secondary N) is 3. The second kappa shape index (κ2) is 30.5. The van der Waals surface area contributed by atoms with Crippen molar-refractivity contribution in [1.29, 1.82) is 0 Å². The molecular weight excluding hydrogens is 1040 g/mol. The first-order valence-corrected chi connectivity index (χ1v) is 31.9. The molecule has 4 aromatic carbocycles. The predicted octanol–water partition coefficient (Wildman–Crippen LogP) is 16.4. The van der Waals surface area contributed by atoms with Gasteiger partial charge in [-0.05, 0) is 106 Å². The van der Waals surface area contributed by atoms with Crippen molar-refractivity contribution in [3.05, 3.63) is 87.3 Å². The van der Waals surface area contributed by atoms with Gasteiger partial charge in [0.2, 0.25) is 0 Å². The molecule has 3 N–H and O–H groups in total. The molecule has 3 aliphatic rings. The molecule has 2 aromatic heterocycles. The molecule has 9 rings (SSSR count). The molecule has 83 heavy (non-hydrogen) atoms. The van der Waals surface area contributed by atoms with Crippen LogP contribution in [0.2, 0.25) is 0 Å². The molecule has 15 nitrogen and oxygen atoms in total. The van der Waals surface area contributed by atoms with Gasteiger partial charge in [0.25, 0.3) is 0 Å². The smallest absolute Gasteiger partial charge is 0.164 e. The first-order valence-electron chi connectivity index (χ1n) is 31.9. The van der Waals surface area contributed by atoms with Crippen LogP contribution >= 0.6 is 0 Å². The summed E-state index contributed by atoms with van der Waals surface area (Å²) < 4.78 is 46.3. The number of ether oxygens (including phenoxy) is 7. The fourth-order valence-electron chi connectivity index (χ4n) is 10.7. The number of aromatic amines is 2. The van der Waals surface area contributed by atoms with E-state index >= 15 is 0 Å². The number of aromatic nitrogens is 2. The number of benzene rings is 4. The van der Waals surface area contributed by atoms with Crippen molar-refractivity contribution < 1.29 is 33.2 Å². The Kier molecular flexibility index (Phi) is 22.3. The van der Waals surface area contributed by atoms with Crippen molar-refractivity contribution in [1.82, 2.24) is 15.3 Å². The number of fused-ring (bicyclic) bond motifs is 19. The van der Waals surface area contributed by atoms with Gasteiger partial charge in [0.05, 0.1) is 46.2 Å². The maximum absolute atomic E-state index is 6.64. The standard InChI is InChI=1S/C68H92N8O7/c1-9-16-23-30-77-54-38-47-46(37-45(54)8)61-69-62(47)71-64-50-41-57(80-33-26-19-12-4)58(81-34-27-20-13-5)42-51(50)66(73-64)75-68-53-44-60(83-36-29-22-15-7)59(82-35-28-21-14-6)43-52(53)67(76-68)74-65-49-40-56(79-32-25-18-11-3)55(78-31-24-17-10-2)39-48(49)63(70-61)72-65/h37-44,65,69H,9-36H2,1-8H3,(H,70,72)(H,71,73,74,75,76). The van der Waals surface area contributed by atoms with Crippen molar-refractivity contribution in [2.75, 3.05) is 46.2 Å². The molecule has 15 heteroatoms. The Morgan fingerprint density at radius 2 is 0.723 bits per heavy atom. The molecular formula is C68H92N8O7. The minimum atomic E-state index is -0.611. The Morgan fingerprint density at radius 1 is 0.349 bits per heavy atom. The zero-order valence-electron chi connectivity index (χ0n) is 51.1. The summed E-state index contributed by atoms with van der Waals surface area (Å²) in [7, 11) is 0. The maximum Gasteiger partial charge on any atom is 0.164 e. The lowest BCUT2D eigenvalue weighted by Crippen LogP contribution is -2.22. The summed E-state index contributed by atoms with van der Waals surface area (Å²) in [6.07, 6.45) is 21.0. The number of rotatable bonds is 35. The van der Waals surface area contributed by atoms with Gasteiger partial charge >= 0.3 is 0 Å². The van der Waals surface area contributed by atoms with E-state index in [0.717, 1.165) is 190 Å². The largest absolute Gasteiger partial charge is 0.493 e. The van der Waals surface area contributed by atoms with E-state index in [4.69, 9.17) is 58.1 Å². The highest BCUT2D eigenvalue weighted by Crippen LogP contribution is 2.44. The van der Waals surface area contributed by atoms with Crippen molar-refractivity contribution in [2.45, 2.75) is 196 Å². The summed E-state index contributed by atoms with van der Waals surface area (Å²) in [6, 6.07) is 16.6. The molecule has 8 bridgehead atoms. The Hall–Kier alpha value is -7.03. The quantitative estimate of drug-likeness (QED) is 0.0330. The minimum absolute atomic E-state index is 0.467. The number of hydrogen-bond donors (Lipinski definition) is 3. The van der Waals surface area contributed by atoms with Crippen LogP contribution in [0, 0.1) is 6.92 Å². The summed E-state index contributed by atoms with van der Waals surface area (Å²) in [5.41, 5.74) is 5.48. The van der Waals surface area contributed by atoms with Gasteiger partial charge in [-0.1, -0.05) is 138 Å². The monoisotopic (exact) mass is 1130 g/mol. The van der Waals surface area contributed by atoms with Crippen LogP contribution in [0.4, 0.5) is 11.6 Å². The highest BCUT2D eigenvalue weighted by atomic mass is 16.5. The molecule has 5 heterocycles. The number of unbranched alkanes of at least 4 members (excludes halogenated alkanes) is 14. The van der Waals surface area contributed by atoms with Crippen LogP contribution in [0.1, 0.15) is 217 Å². The first kappa shape index (κ1) is 60.6. The molecule has 6 aromatic rings. The first-order chi connectivity index (χ1) is 40.8. The second-order valence-corrected chi connectivity index (χ2v) is 22.4. The van der Waals surface area contributed by atoms with Crippen LogP contribution in [0.15, 0.2) is 73.5 Å². The van der Waals surface area contributed by atoms with Crippen LogP contribution in [0.5, 0.6) is 40.2 Å². The molecule has 0 radical (unpaired) electrons. The van der Waals surface area contributed by atoms with Gasteiger partial charge in [-0.2, -0.15) is 0 Å². The van der Waals surface area contributed by atoms with Crippen molar-refractivity contribution in [2.24, 2.45) is 25.0 Å². The number of hydrogen-bond acceptors (Lipinski definition) is 13. The van der Waals surface area contributed by atoms with Crippen molar-refractivity contribution >= 4 is 50.7 Å². The Balaban J connectivity index is 1.32. The average Bonchev–Trinajstić information content (AvgIpc) is 4.07. The van der Waals surface area contributed by atoms with E-state index in [2.05, 4.69) is 107 Å². The summed E-state index contributed by atoms with van der Waals surface area (Å²) in [5, 5.41) is 7.16. The lowest BCUT2D eigenvalue weighted by atomic mass is 10.1. The third-order valence-electron chi connectivity index (χ3n) is 15.6. The highest BCUT2D eigenvalue weighted by molar-refractivity contribution is 6.24. The van der Waals surface area contributed by atoms with Gasteiger partial charge in [-0.3, -0.25) is 0 Å². The number of amidine groups is 3. The van der Waals surface area contributed by atoms with E-state index in [9.17, 15) is 0 Å². The maximum atomic E-state index is 6.64. The molecule has 0 amide bonds. The SMILES string of the molecule is CCCCCOc1cc2c3[nH]c(c2cc1C)/N=C1\NC(/N=c2\[nH]c(c4cc(OCCCCC)c(OCCCCC)cc24)=NC2=N/C(=N\3)c3cc(OCCCCC)c(OCCCCC)cc32)c2cc(OCCCCC)c(OCCCCC)cc21. The van der Waals surface area contributed by atoms with Gasteiger partial charge in [-0.15, -0.1) is 0 Å². The lowest BCUT2D eigenvalue weighted by Gasteiger charge is -2.15. The topological polar surface area (TPSA) is 170 Å². The third kappa shape index (κ3) is 15.0. The molecule has 0 spiro atoms. The van der Waals surface area contributed by atoms with E-state index < -0.39 is 6.17 Å². The number of nitrogens with zero attached hydrogens (tertiary/aromatic N) is 5. The highest BCUT2D eigenvalue weighted by Gasteiger charge is 2.32. The zero-order valence-corrected chi connectivity index (χ0v) is 51.1. The Morgan fingerprint density at radius 3 is 1.19 bits per heavy atom. The van der Waals surface area contributed by atoms with Gasteiger partial charge in [-0.25, -0.2) is 25.0 Å².